The molecule has 1 fully saturated rings. The molecule has 0 aromatic rings. The summed E-state index contributed by atoms with van der Waals surface area (Å²) in [5.74, 6) is -0.795. The first-order chi connectivity index (χ1) is 7.04. The van der Waals surface area contributed by atoms with Gasteiger partial charge in [-0.05, 0) is 12.3 Å². The van der Waals surface area contributed by atoms with E-state index in [4.69, 9.17) is 10.8 Å². The monoisotopic (exact) mass is 214 g/mol. The van der Waals surface area contributed by atoms with Gasteiger partial charge in [-0.15, -0.1) is 0 Å². The fourth-order valence-electron chi connectivity index (χ4n) is 1.86. The van der Waals surface area contributed by atoms with Crippen LogP contribution in [0.3, 0.4) is 0 Å². The summed E-state index contributed by atoms with van der Waals surface area (Å²) in [6.45, 7) is 3.38. The first-order valence-electron chi connectivity index (χ1n) is 5.25. The normalized spacial score (nSPS) is 22.8. The van der Waals surface area contributed by atoms with Crippen molar-refractivity contribution in [3.05, 3.63) is 0 Å². The van der Waals surface area contributed by atoms with E-state index in [1.54, 1.807) is 11.8 Å². The van der Waals surface area contributed by atoms with Gasteiger partial charge >= 0.3 is 5.97 Å². The second-order valence-corrected chi connectivity index (χ2v) is 4.17. The maximum Gasteiger partial charge on any atom is 0.303 e. The first-order valence-corrected chi connectivity index (χ1v) is 5.25. The standard InChI is InChI=1S/C10H18N2O3/c1-7(5-11)10(15)12-3-2-8(6-12)4-9(13)14/h7-8H,2-6,11H2,1H3,(H,13,14). The Hall–Kier alpha value is -1.10. The van der Waals surface area contributed by atoms with Crippen molar-refractivity contribution in [2.75, 3.05) is 19.6 Å². The van der Waals surface area contributed by atoms with E-state index in [-0.39, 0.29) is 24.2 Å². The van der Waals surface area contributed by atoms with Gasteiger partial charge in [-0.3, -0.25) is 9.59 Å². The number of nitrogens with two attached hydrogens (primary N) is 1. The van der Waals surface area contributed by atoms with Crippen molar-refractivity contribution < 1.29 is 14.7 Å². The minimum absolute atomic E-state index is 0.0467. The summed E-state index contributed by atoms with van der Waals surface area (Å²) < 4.78 is 0. The molecule has 5 heteroatoms. The topological polar surface area (TPSA) is 83.6 Å². The summed E-state index contributed by atoms with van der Waals surface area (Å²) >= 11 is 0. The lowest BCUT2D eigenvalue weighted by Gasteiger charge is -2.19. The number of amides is 1. The van der Waals surface area contributed by atoms with Crippen molar-refractivity contribution in [3.8, 4) is 0 Å². The van der Waals surface area contributed by atoms with Crippen LogP contribution in [0.1, 0.15) is 19.8 Å². The van der Waals surface area contributed by atoms with Crippen LogP contribution < -0.4 is 5.73 Å². The predicted molar refractivity (Wildman–Crippen MR) is 55.2 cm³/mol. The molecular weight excluding hydrogens is 196 g/mol. The first kappa shape index (κ1) is 12.0. The second-order valence-electron chi connectivity index (χ2n) is 4.17. The summed E-state index contributed by atoms with van der Waals surface area (Å²) in [5, 5.41) is 8.63. The van der Waals surface area contributed by atoms with Crippen LogP contribution in [0.4, 0.5) is 0 Å². The van der Waals surface area contributed by atoms with Crippen LogP contribution in [0.25, 0.3) is 0 Å². The molecule has 2 atom stereocenters. The largest absolute Gasteiger partial charge is 0.481 e. The average molecular weight is 214 g/mol. The molecule has 1 amide bonds. The zero-order valence-corrected chi connectivity index (χ0v) is 8.98. The number of likely N-dealkylation sites (tertiary alicyclic amines) is 1. The lowest BCUT2D eigenvalue weighted by atomic mass is 10.1. The van der Waals surface area contributed by atoms with Gasteiger partial charge in [0.15, 0.2) is 0 Å². The smallest absolute Gasteiger partial charge is 0.303 e. The summed E-state index contributed by atoms with van der Waals surface area (Å²) in [6, 6.07) is 0. The summed E-state index contributed by atoms with van der Waals surface area (Å²) in [6.07, 6.45) is 0.941. The molecule has 0 aliphatic carbocycles. The molecule has 1 heterocycles. The molecular formula is C10H18N2O3. The number of aliphatic carboxylic acids is 1. The number of carbonyl (C=O) groups excluding carboxylic acids is 1. The quantitative estimate of drug-likeness (QED) is 0.684. The maximum atomic E-state index is 11.7. The summed E-state index contributed by atoms with van der Waals surface area (Å²) in [5.41, 5.74) is 5.41. The fourth-order valence-corrected chi connectivity index (χ4v) is 1.86. The van der Waals surface area contributed by atoms with E-state index in [0.29, 0.717) is 19.6 Å². The van der Waals surface area contributed by atoms with Crippen molar-refractivity contribution in [2.45, 2.75) is 19.8 Å². The van der Waals surface area contributed by atoms with Crippen molar-refractivity contribution in [1.82, 2.24) is 4.90 Å². The molecule has 1 aliphatic heterocycles. The van der Waals surface area contributed by atoms with E-state index >= 15 is 0 Å². The van der Waals surface area contributed by atoms with E-state index in [1.165, 1.54) is 0 Å². The highest BCUT2D eigenvalue weighted by Gasteiger charge is 2.29. The van der Waals surface area contributed by atoms with Crippen molar-refractivity contribution in [1.29, 1.82) is 0 Å². The highest BCUT2D eigenvalue weighted by Crippen LogP contribution is 2.20. The third kappa shape index (κ3) is 3.20. The number of carboxylic acid groups (broad SMARTS) is 1. The van der Waals surface area contributed by atoms with Gasteiger partial charge in [0.2, 0.25) is 5.91 Å². The Labute approximate surface area is 89.2 Å². The Balaban J connectivity index is 2.42. The van der Waals surface area contributed by atoms with Gasteiger partial charge in [-0.2, -0.15) is 0 Å². The molecule has 2 unspecified atom stereocenters. The molecule has 0 bridgehead atoms. The van der Waals surface area contributed by atoms with E-state index < -0.39 is 5.97 Å². The average Bonchev–Trinajstić information content (AvgIpc) is 2.63. The second kappa shape index (κ2) is 5.11. The molecule has 0 aromatic carbocycles. The van der Waals surface area contributed by atoms with Gasteiger partial charge in [0.25, 0.3) is 0 Å². The minimum Gasteiger partial charge on any atom is -0.481 e. The van der Waals surface area contributed by atoms with Crippen LogP contribution in [0.15, 0.2) is 0 Å². The van der Waals surface area contributed by atoms with E-state index in [1.807, 2.05) is 0 Å². The van der Waals surface area contributed by atoms with Crippen molar-refractivity contribution in [2.24, 2.45) is 17.6 Å². The number of rotatable bonds is 4. The zero-order valence-electron chi connectivity index (χ0n) is 8.98. The van der Waals surface area contributed by atoms with Crippen LogP contribution in [0, 0.1) is 11.8 Å². The maximum absolute atomic E-state index is 11.7. The highest BCUT2D eigenvalue weighted by molar-refractivity contribution is 5.79. The van der Waals surface area contributed by atoms with Gasteiger partial charge < -0.3 is 15.7 Å². The van der Waals surface area contributed by atoms with Crippen LogP contribution in [0.5, 0.6) is 0 Å². The number of hydrogen-bond acceptors (Lipinski definition) is 3. The Kier molecular flexibility index (Phi) is 4.08. The van der Waals surface area contributed by atoms with E-state index in [0.717, 1.165) is 6.42 Å². The molecule has 1 aliphatic rings. The molecule has 15 heavy (non-hydrogen) atoms. The van der Waals surface area contributed by atoms with E-state index in [9.17, 15) is 9.59 Å². The highest BCUT2D eigenvalue weighted by atomic mass is 16.4. The summed E-state index contributed by atoms with van der Waals surface area (Å²) in [4.78, 5) is 23.9. The van der Waals surface area contributed by atoms with Gasteiger partial charge in [0.1, 0.15) is 0 Å². The lowest BCUT2D eigenvalue weighted by molar-refractivity contribution is -0.139. The zero-order chi connectivity index (χ0) is 11.4. The molecule has 3 N–H and O–H groups in total. The van der Waals surface area contributed by atoms with Gasteiger partial charge in [-0.1, -0.05) is 6.92 Å². The lowest BCUT2D eigenvalue weighted by Crippen LogP contribution is -2.36. The molecule has 86 valence electrons. The van der Waals surface area contributed by atoms with Gasteiger partial charge in [0, 0.05) is 32.0 Å². The third-order valence-electron chi connectivity index (χ3n) is 2.84. The molecule has 1 rings (SSSR count). The molecule has 1 saturated heterocycles. The van der Waals surface area contributed by atoms with Gasteiger partial charge in [0.05, 0.1) is 0 Å². The Bertz CT molecular complexity index is 255. The molecule has 0 aromatic heterocycles. The molecule has 0 radical (unpaired) electrons. The number of carboxylic acids is 1. The van der Waals surface area contributed by atoms with Crippen molar-refractivity contribution >= 4 is 11.9 Å². The Morgan fingerprint density at radius 2 is 2.27 bits per heavy atom. The predicted octanol–water partition coefficient (Wildman–Crippen LogP) is -0.0956. The number of nitrogens with zero attached hydrogens (tertiary/aromatic N) is 1. The SMILES string of the molecule is CC(CN)C(=O)N1CCC(CC(=O)O)C1. The van der Waals surface area contributed by atoms with Crippen LogP contribution >= 0.6 is 0 Å². The molecule has 5 nitrogen and oxygen atoms in total. The van der Waals surface area contributed by atoms with E-state index in [2.05, 4.69) is 0 Å². The van der Waals surface area contributed by atoms with Crippen LogP contribution in [-0.4, -0.2) is 41.5 Å². The van der Waals surface area contributed by atoms with Gasteiger partial charge in [-0.25, -0.2) is 0 Å². The third-order valence-corrected chi connectivity index (χ3v) is 2.84. The molecule has 0 saturated carbocycles. The fraction of sp³-hybridized carbons (Fsp3) is 0.800. The molecule has 0 spiro atoms. The number of hydrogen-bond donors (Lipinski definition) is 2. The Morgan fingerprint density at radius 3 is 2.80 bits per heavy atom. The number of carbonyl (C=O) groups is 2. The Morgan fingerprint density at radius 1 is 1.60 bits per heavy atom. The van der Waals surface area contributed by atoms with Crippen molar-refractivity contribution in [3.63, 3.8) is 0 Å². The summed E-state index contributed by atoms with van der Waals surface area (Å²) in [7, 11) is 0. The minimum atomic E-state index is -0.791. The van der Waals surface area contributed by atoms with Crippen LogP contribution in [0.2, 0.25) is 0 Å². The van der Waals surface area contributed by atoms with Crippen LogP contribution in [-0.2, 0) is 9.59 Å².